The minimum atomic E-state index is -1.09. The summed E-state index contributed by atoms with van der Waals surface area (Å²) in [6.07, 6.45) is 47.0. The molecule has 6 aliphatic carbocycles. The lowest BCUT2D eigenvalue weighted by molar-refractivity contribution is -0.141. The van der Waals surface area contributed by atoms with E-state index in [4.69, 9.17) is 24.8 Å². The number of nitrogens with one attached hydrogen (secondary N) is 1. The zero-order chi connectivity index (χ0) is 79.7. The van der Waals surface area contributed by atoms with Gasteiger partial charge in [0.2, 0.25) is 5.56 Å². The fourth-order valence-corrected chi connectivity index (χ4v) is 26.0. The van der Waals surface area contributed by atoms with Crippen LogP contribution in [0.1, 0.15) is 230 Å². The smallest absolute Gasteiger partial charge is 0.325 e. The van der Waals surface area contributed by atoms with Crippen LogP contribution in [-0.2, 0) is 27.4 Å². The molecule has 6 saturated heterocycles. The zero-order valence-electron chi connectivity index (χ0n) is 67.8. The van der Waals surface area contributed by atoms with Gasteiger partial charge in [-0.15, -0.1) is 0 Å². The molecule has 6 saturated carbocycles. The van der Waals surface area contributed by atoms with E-state index in [1.165, 1.54) is 216 Å². The van der Waals surface area contributed by atoms with E-state index >= 15 is 0 Å². The van der Waals surface area contributed by atoms with E-state index in [-0.39, 0.29) is 58.2 Å². The van der Waals surface area contributed by atoms with Crippen LogP contribution in [0.4, 0.5) is 0 Å². The third-order valence-corrected chi connectivity index (χ3v) is 30.5. The predicted octanol–water partition coefficient (Wildman–Crippen LogP) is 15.0. The van der Waals surface area contributed by atoms with E-state index in [0.29, 0.717) is 76.4 Å². The number of esters is 1. The lowest BCUT2D eigenvalue weighted by atomic mass is 9.68. The number of aromatic nitrogens is 9. The number of hydrogen-bond donors (Lipinski definition) is 2. The molecule has 9 aromatic rings. The molecule has 0 amide bonds. The van der Waals surface area contributed by atoms with Crippen LogP contribution in [0.15, 0.2) is 157 Å². The summed E-state index contributed by atoms with van der Waals surface area (Å²) in [4.78, 5) is 128. The van der Waals surface area contributed by atoms with Gasteiger partial charge >= 0.3 is 11.9 Å². The Bertz CT molecular complexity index is 5530. The van der Waals surface area contributed by atoms with Crippen LogP contribution in [0.2, 0.25) is 0 Å². The molecular formula is C95H114N12O10. The summed E-state index contributed by atoms with van der Waals surface area (Å²) < 4.78 is 13.1. The number of hydrogen-bond acceptors (Lipinski definition) is 15. The van der Waals surface area contributed by atoms with Crippen molar-refractivity contribution in [1.82, 2.24) is 57.5 Å². The van der Waals surface area contributed by atoms with Gasteiger partial charge in [0.25, 0.3) is 27.8 Å². The number of carboxylic acids is 1. The van der Waals surface area contributed by atoms with Crippen molar-refractivity contribution in [1.29, 1.82) is 0 Å². The summed E-state index contributed by atoms with van der Waals surface area (Å²) in [6, 6.07) is 38.7. The molecule has 614 valence electrons. The highest BCUT2D eigenvalue weighted by Gasteiger charge is 2.50. The number of H-pyrrole nitrogens is 1. The van der Waals surface area contributed by atoms with Crippen LogP contribution >= 0.6 is 0 Å². The largest absolute Gasteiger partial charge is 0.480 e. The van der Waals surface area contributed by atoms with Crippen LogP contribution in [-0.4, -0.2) is 136 Å². The van der Waals surface area contributed by atoms with Crippen LogP contribution in [0.3, 0.4) is 0 Å². The highest BCUT2D eigenvalue weighted by molar-refractivity contribution is 5.80. The van der Waals surface area contributed by atoms with Gasteiger partial charge in [0.05, 0.1) is 40.2 Å². The number of benzene rings is 3. The van der Waals surface area contributed by atoms with Crippen LogP contribution < -0.4 is 33.4 Å². The Morgan fingerprint density at radius 1 is 0.368 bits per heavy atom. The maximum atomic E-state index is 14.2. The van der Waals surface area contributed by atoms with Gasteiger partial charge in [-0.25, -0.2) is 15.0 Å². The van der Waals surface area contributed by atoms with Gasteiger partial charge in [-0.1, -0.05) is 113 Å². The SMILES string of the molecule is COC(=O)Cn1ccc(-c2nc3ccccc3n(C3C[C@H]4CCC[C@@H](C3)N4C3C[C@H]4CCC[C@@H](C3)C4)c2=O)cc1=O.O=C(O)Cn1ccc(-c2nc3ccccc3n(C3C[C@H]4CCC[C@@H](C3)N4C3C[C@H]4CCC[C@@H](C3)C4)c2=O)cc1=O.O=c1cc(-c2nc3ccccc3n(C3C[C@H]4CCC[C@@H](C3)N4C3C[C@H]4CCC[C@@H](C3)C4)c2=O)cc[nH]1. The summed E-state index contributed by atoms with van der Waals surface area (Å²) in [7, 11) is 1.29. The van der Waals surface area contributed by atoms with Crippen molar-refractivity contribution in [2.75, 3.05) is 7.11 Å². The first-order valence-electron chi connectivity index (χ1n) is 44.8. The van der Waals surface area contributed by atoms with E-state index < -0.39 is 24.0 Å². The van der Waals surface area contributed by atoms with Gasteiger partial charge in [0.15, 0.2) is 0 Å². The molecule has 12 fully saturated rings. The van der Waals surface area contributed by atoms with Crippen LogP contribution in [0.5, 0.6) is 0 Å². The van der Waals surface area contributed by atoms with Crippen molar-refractivity contribution in [3.05, 3.63) is 190 Å². The molecule has 6 unspecified atom stereocenters. The number of aliphatic carboxylic acids is 1. The van der Waals surface area contributed by atoms with Crippen molar-refractivity contribution in [2.24, 2.45) is 35.5 Å². The normalized spacial score (nSPS) is 30.8. The standard InChI is InChI=1S/C33H40N4O4.C32H38N4O4.C30H36N4O2/c1-41-31(39)20-35-13-12-23(17-30(35)38)32-33(40)37(29-11-3-2-10-28(29)34-32)27-18-24-8-5-9-25(19-27)36(24)26-15-21-6-4-7-22(14-21)16-26;37-29-16-22(11-12-34(29)19-30(38)39)31-32(40)36(28-10-2-1-9-27(28)33-31)26-17-23-7-4-8-24(18-26)35(23)25-14-20-5-3-6-21(13-20)15-25;35-28-16-21(11-12-31-28)29-30(36)34(27-10-2-1-9-26(27)32-29)25-17-22-7-4-8-23(18-25)33(22)24-14-19-5-3-6-20(13-19)15-24/h2-3,10-13,17,21-22,24-27H,4-9,14-16,18-20H2,1H3;1-2,9-12,16,20-21,23-26H,3-8,13-15,17-19H2,(H,38,39);1-2,9-12,16,19-20,22-25H,3-8,13-15,17-18H2,(H,31,35)/t21-,22+,24-,25+,26?,27?;20-,21+,23-,24+,25?,26?;19-,20+,22-,23+,24?,25?. The first-order chi connectivity index (χ1) is 57.1. The third-order valence-electron chi connectivity index (χ3n) is 30.5. The number of nitrogens with zero attached hydrogens (tertiary/aromatic N) is 11. The minimum absolute atomic E-state index is 0.0666. The molecule has 12 heterocycles. The van der Waals surface area contributed by atoms with Gasteiger partial charge in [-0.3, -0.25) is 53.1 Å². The summed E-state index contributed by atoms with van der Waals surface area (Å²) in [5.41, 5.74) is 5.96. The van der Waals surface area contributed by atoms with E-state index in [1.54, 1.807) is 24.4 Å². The van der Waals surface area contributed by atoms with Gasteiger partial charge in [0.1, 0.15) is 30.2 Å². The predicted molar refractivity (Wildman–Crippen MR) is 453 cm³/mol. The first-order valence-corrected chi connectivity index (χ1v) is 44.8. The Labute approximate surface area is 682 Å². The van der Waals surface area contributed by atoms with Crippen molar-refractivity contribution in [3.63, 3.8) is 0 Å². The highest BCUT2D eigenvalue weighted by atomic mass is 16.5. The Morgan fingerprint density at radius 3 is 0.983 bits per heavy atom. The van der Waals surface area contributed by atoms with Gasteiger partial charge in [-0.2, -0.15) is 0 Å². The Balaban J connectivity index is 0.000000117. The lowest BCUT2D eigenvalue weighted by Gasteiger charge is -2.55. The van der Waals surface area contributed by atoms with Gasteiger partial charge in [0, 0.05) is 126 Å². The third kappa shape index (κ3) is 15.6. The number of pyridine rings is 3. The van der Waals surface area contributed by atoms with Gasteiger partial charge < -0.3 is 37.7 Å². The molecule has 18 atom stereocenters. The molecule has 6 aromatic heterocycles. The summed E-state index contributed by atoms with van der Waals surface area (Å²) in [6.45, 7) is -0.590. The molecule has 22 nitrogen and oxygen atoms in total. The van der Waals surface area contributed by atoms with Gasteiger partial charge in [-0.05, 0) is 225 Å². The number of piperidine rings is 6. The number of carboxylic acid groups (broad SMARTS) is 1. The molecular weight excluding hydrogens is 1470 g/mol. The molecule has 12 bridgehead atoms. The fourth-order valence-electron chi connectivity index (χ4n) is 26.0. The summed E-state index contributed by atoms with van der Waals surface area (Å²) in [5.74, 6) is 3.89. The Kier molecular flexibility index (Phi) is 22.0. The zero-order valence-corrected chi connectivity index (χ0v) is 67.8. The summed E-state index contributed by atoms with van der Waals surface area (Å²) in [5, 5.41) is 9.10. The van der Waals surface area contributed by atoms with Crippen molar-refractivity contribution < 1.29 is 19.4 Å². The fraction of sp³-hybridized carbons (Fsp3) is 0.568. The number of fused-ring (bicyclic) bond motifs is 15. The molecule has 117 heavy (non-hydrogen) atoms. The van der Waals surface area contributed by atoms with E-state index in [0.717, 1.165) is 118 Å². The second-order valence-corrected chi connectivity index (χ2v) is 37.6. The minimum Gasteiger partial charge on any atom is -0.480 e. The molecule has 0 spiro atoms. The number of ether oxygens (including phenoxy) is 1. The maximum absolute atomic E-state index is 14.2. The number of rotatable bonds is 13. The number of carbonyl (C=O) groups excluding carboxylic acids is 1. The lowest BCUT2D eigenvalue weighted by Crippen LogP contribution is -2.58. The summed E-state index contributed by atoms with van der Waals surface area (Å²) >= 11 is 0. The molecule has 2 N–H and O–H groups in total. The molecule has 21 rings (SSSR count). The molecule has 22 heteroatoms. The topological polar surface area (TPSA) is 255 Å². The van der Waals surface area contributed by atoms with Crippen molar-refractivity contribution >= 4 is 45.0 Å². The molecule has 0 radical (unpaired) electrons. The Hall–Kier alpha value is -9.25. The number of carbonyl (C=O) groups is 2. The van der Waals surface area contributed by atoms with Crippen molar-refractivity contribution in [2.45, 2.75) is 297 Å². The molecule has 12 aliphatic rings. The number of aromatic amines is 1. The number of para-hydroxylation sites is 6. The molecule has 6 aliphatic heterocycles. The monoisotopic (exact) mass is 1580 g/mol. The number of methoxy groups -OCH3 is 1. The highest BCUT2D eigenvalue weighted by Crippen LogP contribution is 2.52. The van der Waals surface area contributed by atoms with Crippen LogP contribution in [0.25, 0.3) is 66.9 Å². The second-order valence-electron chi connectivity index (χ2n) is 37.6. The van der Waals surface area contributed by atoms with E-state index in [1.807, 2.05) is 86.5 Å². The first kappa shape index (κ1) is 77.6. The van der Waals surface area contributed by atoms with E-state index in [9.17, 15) is 38.4 Å². The average Bonchev–Trinajstić information content (AvgIpc) is 0.750. The van der Waals surface area contributed by atoms with Crippen molar-refractivity contribution in [3.8, 4) is 33.8 Å². The van der Waals surface area contributed by atoms with Crippen LogP contribution in [0, 0.1) is 35.5 Å². The van der Waals surface area contributed by atoms with E-state index in [2.05, 4.69) is 19.7 Å². The maximum Gasteiger partial charge on any atom is 0.325 e. The average molecular weight is 1580 g/mol. The molecule has 3 aromatic carbocycles. The second kappa shape index (κ2) is 33.2. The Morgan fingerprint density at radius 2 is 0.675 bits per heavy atom. The quantitative estimate of drug-likeness (QED) is 0.102.